The zero-order chi connectivity index (χ0) is 24.4. The molecular weight excluding hydrogens is 436 g/mol. The van der Waals surface area contributed by atoms with Gasteiger partial charge in [-0.05, 0) is 79.3 Å². The van der Waals surface area contributed by atoms with E-state index in [4.69, 9.17) is 0 Å². The lowest BCUT2D eigenvalue weighted by Gasteiger charge is -2.36. The molecule has 1 aliphatic heterocycles. The van der Waals surface area contributed by atoms with Crippen LogP contribution in [-0.4, -0.2) is 48.1 Å². The average Bonchev–Trinajstić information content (AvgIpc) is 3.71. The Balaban J connectivity index is 1.30. The number of benzene rings is 2. The summed E-state index contributed by atoms with van der Waals surface area (Å²) in [6.45, 7) is 1.58. The summed E-state index contributed by atoms with van der Waals surface area (Å²) in [4.78, 5) is 20.2. The van der Waals surface area contributed by atoms with Crippen LogP contribution in [0.2, 0.25) is 0 Å². The van der Waals surface area contributed by atoms with Gasteiger partial charge in [-0.2, -0.15) is 0 Å². The van der Waals surface area contributed by atoms with Gasteiger partial charge in [-0.1, -0.05) is 31.0 Å². The molecule has 0 saturated heterocycles. The van der Waals surface area contributed by atoms with Gasteiger partial charge in [-0.3, -0.25) is 9.88 Å². The molecule has 0 bridgehead atoms. The number of carbonyl (C=O) groups is 1. The first kappa shape index (κ1) is 23.4. The van der Waals surface area contributed by atoms with Crippen molar-refractivity contribution in [3.63, 3.8) is 0 Å². The Hall–Kier alpha value is -3.38. The monoisotopic (exact) mass is 470 g/mol. The molecule has 182 valence electrons. The number of pyridine rings is 1. The van der Waals surface area contributed by atoms with Crippen molar-refractivity contribution < 1.29 is 9.90 Å². The van der Waals surface area contributed by atoms with Crippen LogP contribution in [-0.2, 0) is 12.8 Å². The van der Waals surface area contributed by atoms with E-state index in [2.05, 4.69) is 76.7 Å². The molecule has 2 aliphatic rings. The van der Waals surface area contributed by atoms with Crippen LogP contribution in [0.1, 0.15) is 52.4 Å². The van der Waals surface area contributed by atoms with Gasteiger partial charge < -0.3 is 15.3 Å². The first-order chi connectivity index (χ1) is 17.0. The number of anilines is 3. The summed E-state index contributed by atoms with van der Waals surface area (Å²) in [6, 6.07) is 17.4. The van der Waals surface area contributed by atoms with Gasteiger partial charge in [0.05, 0.1) is 23.5 Å². The Bertz CT molecular complexity index is 1190. The summed E-state index contributed by atoms with van der Waals surface area (Å²) in [7, 11) is 4.26. The number of nitrogens with zero attached hydrogens (tertiary/aromatic N) is 3. The molecule has 6 heteroatoms. The minimum atomic E-state index is -0.948. The van der Waals surface area contributed by atoms with Gasteiger partial charge in [0.25, 0.3) is 0 Å². The van der Waals surface area contributed by atoms with Crippen LogP contribution >= 0.6 is 0 Å². The molecule has 35 heavy (non-hydrogen) atoms. The maximum Gasteiger partial charge on any atom is 0.337 e. The predicted molar refractivity (Wildman–Crippen MR) is 141 cm³/mol. The molecule has 0 spiro atoms. The van der Waals surface area contributed by atoms with Crippen LogP contribution in [0, 0.1) is 5.92 Å². The number of nitrogens with one attached hydrogen (secondary N) is 1. The number of likely N-dealkylation sites (N-methyl/N-ethyl adjacent to an activating group) is 1. The Morgan fingerprint density at radius 3 is 2.66 bits per heavy atom. The normalized spacial score (nSPS) is 17.6. The Labute approximate surface area is 207 Å². The Kier molecular flexibility index (Phi) is 6.73. The average molecular weight is 471 g/mol. The number of aryl methyl sites for hydroxylation is 1. The molecule has 2 aromatic carbocycles. The molecule has 2 N–H and O–H groups in total. The fourth-order valence-corrected chi connectivity index (χ4v) is 5.04. The standard InChI is InChI=1S/C29H34N4O2/c1-32-16-14-22-17-24(33(2)23-9-7-21(8-10-23)6-5-20-3-4-20)11-12-25(22)28(32)19-31-27-18-30-15-13-26(27)29(34)35/h7-13,15,17-18,20,28,31H,3-6,14,16,19H2,1-2H3,(H,34,35)/t28-/m1/s1. The molecule has 1 aromatic heterocycles. The highest BCUT2D eigenvalue weighted by atomic mass is 16.4. The lowest BCUT2D eigenvalue weighted by molar-refractivity contribution is 0.0697. The molecule has 1 fully saturated rings. The van der Waals surface area contributed by atoms with Crippen molar-refractivity contribution in [2.45, 2.75) is 38.1 Å². The van der Waals surface area contributed by atoms with E-state index in [1.54, 1.807) is 6.20 Å². The topological polar surface area (TPSA) is 68.7 Å². The third kappa shape index (κ3) is 5.33. The maximum absolute atomic E-state index is 11.6. The van der Waals surface area contributed by atoms with E-state index in [0.717, 1.165) is 18.9 Å². The molecule has 0 radical (unpaired) electrons. The number of carboxylic acid groups (broad SMARTS) is 1. The first-order valence-corrected chi connectivity index (χ1v) is 12.6. The van der Waals surface area contributed by atoms with Gasteiger partial charge in [-0.15, -0.1) is 0 Å². The zero-order valence-corrected chi connectivity index (χ0v) is 20.6. The van der Waals surface area contributed by atoms with Gasteiger partial charge in [0.1, 0.15) is 0 Å². The highest BCUT2D eigenvalue weighted by Crippen LogP contribution is 2.35. The van der Waals surface area contributed by atoms with E-state index in [1.807, 2.05) is 0 Å². The molecule has 1 atom stereocenters. The lowest BCUT2D eigenvalue weighted by atomic mass is 9.92. The van der Waals surface area contributed by atoms with Crippen molar-refractivity contribution >= 4 is 23.0 Å². The minimum absolute atomic E-state index is 0.158. The summed E-state index contributed by atoms with van der Waals surface area (Å²) in [5.41, 5.74) is 7.25. The predicted octanol–water partition coefficient (Wildman–Crippen LogP) is 5.53. The number of hydrogen-bond acceptors (Lipinski definition) is 5. The largest absolute Gasteiger partial charge is 0.478 e. The highest BCUT2D eigenvalue weighted by molar-refractivity contribution is 5.93. The number of carboxylic acids is 1. The van der Waals surface area contributed by atoms with E-state index in [1.165, 1.54) is 66.0 Å². The van der Waals surface area contributed by atoms with E-state index >= 15 is 0 Å². The smallest absolute Gasteiger partial charge is 0.337 e. The van der Waals surface area contributed by atoms with E-state index < -0.39 is 5.97 Å². The molecule has 1 aliphatic carbocycles. The van der Waals surface area contributed by atoms with Crippen LogP contribution < -0.4 is 10.2 Å². The summed E-state index contributed by atoms with van der Waals surface area (Å²) in [6.07, 6.45) is 9.43. The molecule has 6 nitrogen and oxygen atoms in total. The molecule has 5 rings (SSSR count). The van der Waals surface area contributed by atoms with Gasteiger partial charge >= 0.3 is 5.97 Å². The number of hydrogen-bond donors (Lipinski definition) is 2. The molecule has 2 heterocycles. The van der Waals surface area contributed by atoms with Crippen LogP contribution in [0.25, 0.3) is 0 Å². The quantitative estimate of drug-likeness (QED) is 0.428. The number of fused-ring (bicyclic) bond motifs is 1. The SMILES string of the molecule is CN(c1ccc(CCC2CC2)cc1)c1ccc2c(c1)CCN(C)[C@@H]2CNc1cnccc1C(=O)O. The summed E-state index contributed by atoms with van der Waals surface area (Å²) in [5, 5.41) is 12.8. The van der Waals surface area contributed by atoms with Crippen LogP contribution in [0.5, 0.6) is 0 Å². The minimum Gasteiger partial charge on any atom is -0.478 e. The van der Waals surface area contributed by atoms with Crippen molar-refractivity contribution in [2.75, 3.05) is 37.4 Å². The fraction of sp³-hybridized carbons (Fsp3) is 0.379. The molecular formula is C29H34N4O2. The molecule has 0 unspecified atom stereocenters. The van der Waals surface area contributed by atoms with E-state index in [9.17, 15) is 9.90 Å². The fourth-order valence-electron chi connectivity index (χ4n) is 5.04. The second-order valence-electron chi connectivity index (χ2n) is 9.94. The first-order valence-electron chi connectivity index (χ1n) is 12.6. The number of aromatic carboxylic acids is 1. The van der Waals surface area contributed by atoms with Gasteiger partial charge in [0, 0.05) is 37.7 Å². The Morgan fingerprint density at radius 2 is 1.91 bits per heavy atom. The summed E-state index contributed by atoms with van der Waals surface area (Å²) >= 11 is 0. The van der Waals surface area contributed by atoms with Crippen molar-refractivity contribution in [2.24, 2.45) is 5.92 Å². The van der Waals surface area contributed by atoms with Gasteiger partial charge in [0.2, 0.25) is 0 Å². The summed E-state index contributed by atoms with van der Waals surface area (Å²) < 4.78 is 0. The van der Waals surface area contributed by atoms with Crippen LogP contribution in [0.3, 0.4) is 0 Å². The van der Waals surface area contributed by atoms with Crippen molar-refractivity contribution in [3.8, 4) is 0 Å². The molecule has 0 amide bonds. The molecule has 3 aromatic rings. The van der Waals surface area contributed by atoms with Gasteiger partial charge in [-0.25, -0.2) is 4.79 Å². The maximum atomic E-state index is 11.6. The van der Waals surface area contributed by atoms with Gasteiger partial charge in [0.15, 0.2) is 0 Å². The van der Waals surface area contributed by atoms with E-state index in [-0.39, 0.29) is 11.6 Å². The third-order valence-corrected chi connectivity index (χ3v) is 7.54. The van der Waals surface area contributed by atoms with E-state index in [0.29, 0.717) is 12.2 Å². The van der Waals surface area contributed by atoms with Crippen molar-refractivity contribution in [3.05, 3.63) is 83.2 Å². The molecule has 1 saturated carbocycles. The number of rotatable bonds is 9. The second kappa shape index (κ2) is 10.1. The Morgan fingerprint density at radius 1 is 1.14 bits per heavy atom. The van der Waals surface area contributed by atoms with Crippen molar-refractivity contribution in [1.29, 1.82) is 0 Å². The highest BCUT2D eigenvalue weighted by Gasteiger charge is 2.26. The second-order valence-corrected chi connectivity index (χ2v) is 9.94. The number of aromatic nitrogens is 1. The third-order valence-electron chi connectivity index (χ3n) is 7.54. The zero-order valence-electron chi connectivity index (χ0n) is 20.6. The van der Waals surface area contributed by atoms with Crippen LogP contribution in [0.4, 0.5) is 17.1 Å². The van der Waals surface area contributed by atoms with Crippen LogP contribution in [0.15, 0.2) is 60.9 Å². The summed E-state index contributed by atoms with van der Waals surface area (Å²) in [5.74, 6) is 0.0189. The van der Waals surface area contributed by atoms with Crippen molar-refractivity contribution in [1.82, 2.24) is 9.88 Å². The lowest BCUT2D eigenvalue weighted by Crippen LogP contribution is -2.36.